The molecule has 0 spiro atoms. The fraction of sp³-hybridized carbons (Fsp3) is 0.167. The van der Waals surface area contributed by atoms with E-state index in [1.54, 1.807) is 30.3 Å². The number of carboxylic acids is 1. The van der Waals surface area contributed by atoms with Crippen LogP contribution in [0.25, 0.3) is 0 Å². The molecule has 0 radical (unpaired) electrons. The quantitative estimate of drug-likeness (QED) is 0.763. The molecule has 96 valence electrons. The van der Waals surface area contributed by atoms with Gasteiger partial charge in [-0.25, -0.2) is 9.59 Å². The summed E-state index contributed by atoms with van der Waals surface area (Å²) >= 11 is 5.48. The Kier molecular flexibility index (Phi) is 5.20. The molecular weight excluding hydrogens is 256 g/mol. The Balaban J connectivity index is 2.67. The van der Waals surface area contributed by atoms with Crippen molar-refractivity contribution in [3.8, 4) is 0 Å². The summed E-state index contributed by atoms with van der Waals surface area (Å²) in [6, 6.07) is 6.69. The zero-order valence-electron chi connectivity index (χ0n) is 9.52. The summed E-state index contributed by atoms with van der Waals surface area (Å²) < 4.78 is 0. The molecule has 0 saturated carbocycles. The Morgan fingerprint density at radius 3 is 2.44 bits per heavy atom. The molecule has 5 nitrogen and oxygen atoms in total. The molecule has 0 bridgehead atoms. The van der Waals surface area contributed by atoms with Crippen molar-refractivity contribution in [2.75, 3.05) is 6.54 Å². The van der Waals surface area contributed by atoms with E-state index in [9.17, 15) is 9.59 Å². The predicted molar refractivity (Wildman–Crippen MR) is 68.3 cm³/mol. The van der Waals surface area contributed by atoms with E-state index in [4.69, 9.17) is 16.7 Å². The van der Waals surface area contributed by atoms with E-state index >= 15 is 0 Å². The second-order valence-corrected chi connectivity index (χ2v) is 4.06. The minimum Gasteiger partial charge on any atom is -0.479 e. The third kappa shape index (κ3) is 4.47. The monoisotopic (exact) mass is 268 g/mol. The number of carboxylic acid groups (broad SMARTS) is 1. The lowest BCUT2D eigenvalue weighted by molar-refractivity contribution is -0.139. The van der Waals surface area contributed by atoms with Crippen LogP contribution in [0.5, 0.6) is 0 Å². The molecule has 0 heterocycles. The van der Waals surface area contributed by atoms with Gasteiger partial charge in [0.25, 0.3) is 0 Å². The van der Waals surface area contributed by atoms with Gasteiger partial charge in [0.2, 0.25) is 0 Å². The van der Waals surface area contributed by atoms with Crippen LogP contribution in [-0.2, 0) is 4.79 Å². The van der Waals surface area contributed by atoms with Crippen LogP contribution >= 0.6 is 11.6 Å². The minimum atomic E-state index is -1.14. The average molecular weight is 269 g/mol. The number of halogens is 1. The summed E-state index contributed by atoms with van der Waals surface area (Å²) in [7, 11) is 0. The molecule has 0 aliphatic carbocycles. The Morgan fingerprint density at radius 1 is 1.33 bits per heavy atom. The SMILES string of the molecule is C=C(Cl)CNC(=O)N[C@H](C(=O)O)c1ccccc1. The van der Waals surface area contributed by atoms with Crippen LogP contribution < -0.4 is 10.6 Å². The van der Waals surface area contributed by atoms with Gasteiger partial charge in [0, 0.05) is 5.03 Å². The minimum absolute atomic E-state index is 0.0779. The molecule has 0 saturated heterocycles. The van der Waals surface area contributed by atoms with Crippen molar-refractivity contribution in [2.45, 2.75) is 6.04 Å². The lowest BCUT2D eigenvalue weighted by atomic mass is 10.1. The number of hydrogen-bond donors (Lipinski definition) is 3. The molecule has 2 amide bonds. The van der Waals surface area contributed by atoms with E-state index in [0.717, 1.165) is 0 Å². The number of urea groups is 1. The van der Waals surface area contributed by atoms with Gasteiger partial charge in [-0.15, -0.1) is 0 Å². The predicted octanol–water partition coefficient (Wildman–Crippen LogP) is 1.86. The number of benzene rings is 1. The maximum atomic E-state index is 11.5. The summed E-state index contributed by atoms with van der Waals surface area (Å²) in [4.78, 5) is 22.5. The highest BCUT2D eigenvalue weighted by molar-refractivity contribution is 6.29. The van der Waals surface area contributed by atoms with Gasteiger partial charge < -0.3 is 15.7 Å². The van der Waals surface area contributed by atoms with Gasteiger partial charge in [-0.1, -0.05) is 48.5 Å². The smallest absolute Gasteiger partial charge is 0.330 e. The Morgan fingerprint density at radius 2 is 1.94 bits per heavy atom. The van der Waals surface area contributed by atoms with Crippen LogP contribution in [0, 0.1) is 0 Å². The van der Waals surface area contributed by atoms with E-state index in [1.807, 2.05) is 0 Å². The van der Waals surface area contributed by atoms with Crippen molar-refractivity contribution < 1.29 is 14.7 Å². The molecule has 6 heteroatoms. The second-order valence-electron chi connectivity index (χ2n) is 3.53. The van der Waals surface area contributed by atoms with E-state index in [2.05, 4.69) is 17.2 Å². The van der Waals surface area contributed by atoms with Gasteiger partial charge in [0.1, 0.15) is 0 Å². The average Bonchev–Trinajstić information content (AvgIpc) is 2.34. The lowest BCUT2D eigenvalue weighted by Gasteiger charge is -2.15. The number of carbonyl (C=O) groups is 2. The van der Waals surface area contributed by atoms with Crippen LogP contribution in [-0.4, -0.2) is 23.7 Å². The summed E-state index contributed by atoms with van der Waals surface area (Å²) in [5, 5.41) is 14.1. The number of hydrogen-bond acceptors (Lipinski definition) is 2. The zero-order chi connectivity index (χ0) is 13.5. The maximum Gasteiger partial charge on any atom is 0.330 e. The van der Waals surface area contributed by atoms with E-state index in [1.165, 1.54) is 0 Å². The van der Waals surface area contributed by atoms with Crippen LogP contribution in [0.4, 0.5) is 4.79 Å². The van der Waals surface area contributed by atoms with Crippen molar-refractivity contribution in [2.24, 2.45) is 0 Å². The molecule has 0 aromatic heterocycles. The third-order valence-electron chi connectivity index (χ3n) is 2.10. The van der Waals surface area contributed by atoms with Gasteiger partial charge in [0.05, 0.1) is 6.54 Å². The highest BCUT2D eigenvalue weighted by atomic mass is 35.5. The standard InChI is InChI=1S/C12H13ClN2O3/c1-8(13)7-14-12(18)15-10(11(16)17)9-5-3-2-4-6-9/h2-6,10H,1,7H2,(H,16,17)(H2,14,15,18)/t10-/m0/s1. The molecule has 0 fully saturated rings. The van der Waals surface area contributed by atoms with Crippen molar-refractivity contribution in [3.05, 3.63) is 47.5 Å². The Labute approximate surface area is 109 Å². The number of carbonyl (C=O) groups excluding carboxylic acids is 1. The first-order valence-corrected chi connectivity index (χ1v) is 5.54. The third-order valence-corrected chi connectivity index (χ3v) is 2.23. The molecule has 0 aliphatic rings. The Hall–Kier alpha value is -2.01. The molecule has 1 aromatic rings. The topological polar surface area (TPSA) is 78.4 Å². The normalized spacial score (nSPS) is 11.4. The molecular formula is C12H13ClN2O3. The summed E-state index contributed by atoms with van der Waals surface area (Å²) in [5.41, 5.74) is 0.491. The van der Waals surface area contributed by atoms with Crippen LogP contribution in [0.1, 0.15) is 11.6 Å². The van der Waals surface area contributed by atoms with Gasteiger partial charge in [-0.3, -0.25) is 0 Å². The van der Waals surface area contributed by atoms with Crippen molar-refractivity contribution >= 4 is 23.6 Å². The first-order valence-electron chi connectivity index (χ1n) is 5.16. The number of rotatable bonds is 5. The highest BCUT2D eigenvalue weighted by Gasteiger charge is 2.21. The van der Waals surface area contributed by atoms with Crippen LogP contribution in [0.15, 0.2) is 41.9 Å². The highest BCUT2D eigenvalue weighted by Crippen LogP contribution is 2.12. The van der Waals surface area contributed by atoms with Gasteiger partial charge in [-0.2, -0.15) is 0 Å². The van der Waals surface area contributed by atoms with Gasteiger partial charge >= 0.3 is 12.0 Å². The number of aliphatic carboxylic acids is 1. The van der Waals surface area contributed by atoms with Crippen molar-refractivity contribution in [1.29, 1.82) is 0 Å². The van der Waals surface area contributed by atoms with Gasteiger partial charge in [0.15, 0.2) is 6.04 Å². The van der Waals surface area contributed by atoms with Gasteiger partial charge in [-0.05, 0) is 5.56 Å². The summed E-state index contributed by atoms with van der Waals surface area (Å²) in [5.74, 6) is -1.14. The number of nitrogens with one attached hydrogen (secondary N) is 2. The first-order chi connectivity index (χ1) is 8.50. The second kappa shape index (κ2) is 6.66. The van der Waals surface area contributed by atoms with Crippen LogP contribution in [0.2, 0.25) is 0 Å². The molecule has 1 atom stereocenters. The fourth-order valence-corrected chi connectivity index (χ4v) is 1.36. The van der Waals surface area contributed by atoms with E-state index < -0.39 is 18.0 Å². The van der Waals surface area contributed by atoms with Crippen molar-refractivity contribution in [3.63, 3.8) is 0 Å². The molecule has 1 rings (SSSR count). The molecule has 3 N–H and O–H groups in total. The van der Waals surface area contributed by atoms with E-state index in [-0.39, 0.29) is 11.6 Å². The largest absolute Gasteiger partial charge is 0.479 e. The maximum absolute atomic E-state index is 11.5. The zero-order valence-corrected chi connectivity index (χ0v) is 10.3. The summed E-state index contributed by atoms with van der Waals surface area (Å²) in [6.07, 6.45) is 0. The molecule has 1 aromatic carbocycles. The number of amides is 2. The fourth-order valence-electron chi connectivity index (χ4n) is 1.29. The summed E-state index contributed by atoms with van der Waals surface area (Å²) in [6.45, 7) is 3.48. The lowest BCUT2D eigenvalue weighted by Crippen LogP contribution is -2.41. The molecule has 18 heavy (non-hydrogen) atoms. The molecule has 0 unspecified atom stereocenters. The van der Waals surface area contributed by atoms with Crippen molar-refractivity contribution in [1.82, 2.24) is 10.6 Å². The first kappa shape index (κ1) is 14.1. The molecule has 0 aliphatic heterocycles. The van der Waals surface area contributed by atoms with E-state index in [0.29, 0.717) is 5.56 Å². The van der Waals surface area contributed by atoms with Crippen LogP contribution in [0.3, 0.4) is 0 Å². The Bertz CT molecular complexity index is 448.